The summed E-state index contributed by atoms with van der Waals surface area (Å²) >= 11 is 0. The van der Waals surface area contributed by atoms with Crippen LogP contribution in [-0.2, 0) is 10.2 Å². The van der Waals surface area contributed by atoms with Crippen LogP contribution in [0, 0.1) is 0 Å². The standard InChI is InChI=1S/C9H21N3O3S/c1-3-9(2,8-13)11-16(14,15)12-6-4-10-5-7-12/h10-11,13H,3-8H2,1-2H3. The summed E-state index contributed by atoms with van der Waals surface area (Å²) in [5.74, 6) is 0. The summed E-state index contributed by atoms with van der Waals surface area (Å²) in [7, 11) is -3.48. The predicted molar refractivity (Wildman–Crippen MR) is 62.3 cm³/mol. The highest BCUT2D eigenvalue weighted by molar-refractivity contribution is 7.87. The van der Waals surface area contributed by atoms with Gasteiger partial charge in [0, 0.05) is 26.2 Å². The number of hydrogen-bond donors (Lipinski definition) is 3. The van der Waals surface area contributed by atoms with Crippen molar-refractivity contribution in [3.63, 3.8) is 0 Å². The van der Waals surface area contributed by atoms with E-state index < -0.39 is 15.7 Å². The van der Waals surface area contributed by atoms with Crippen molar-refractivity contribution in [2.24, 2.45) is 0 Å². The summed E-state index contributed by atoms with van der Waals surface area (Å²) in [5, 5.41) is 12.3. The van der Waals surface area contributed by atoms with E-state index >= 15 is 0 Å². The first-order valence-electron chi connectivity index (χ1n) is 5.54. The van der Waals surface area contributed by atoms with Crippen LogP contribution in [0.25, 0.3) is 0 Å². The Hall–Kier alpha value is -0.210. The highest BCUT2D eigenvalue weighted by Crippen LogP contribution is 2.12. The second-order valence-corrected chi connectivity index (χ2v) is 6.00. The number of aliphatic hydroxyl groups is 1. The van der Waals surface area contributed by atoms with E-state index in [1.165, 1.54) is 4.31 Å². The van der Waals surface area contributed by atoms with Crippen molar-refractivity contribution in [2.45, 2.75) is 25.8 Å². The molecule has 6 nitrogen and oxygen atoms in total. The summed E-state index contributed by atoms with van der Waals surface area (Å²) in [4.78, 5) is 0. The number of nitrogens with one attached hydrogen (secondary N) is 2. The highest BCUT2D eigenvalue weighted by Gasteiger charge is 2.31. The van der Waals surface area contributed by atoms with E-state index in [1.807, 2.05) is 6.92 Å². The number of hydrogen-bond acceptors (Lipinski definition) is 4. The summed E-state index contributed by atoms with van der Waals surface area (Å²) in [6.45, 7) is 5.63. The minimum Gasteiger partial charge on any atom is -0.394 e. The van der Waals surface area contributed by atoms with Crippen LogP contribution in [0.3, 0.4) is 0 Å². The number of piperazine rings is 1. The fraction of sp³-hybridized carbons (Fsp3) is 1.00. The van der Waals surface area contributed by atoms with Gasteiger partial charge in [-0.1, -0.05) is 6.92 Å². The van der Waals surface area contributed by atoms with Gasteiger partial charge in [0.25, 0.3) is 10.2 Å². The minimum atomic E-state index is -3.48. The quantitative estimate of drug-likeness (QED) is 0.578. The van der Waals surface area contributed by atoms with Gasteiger partial charge in [0.05, 0.1) is 12.1 Å². The second-order valence-electron chi connectivity index (χ2n) is 4.33. The van der Waals surface area contributed by atoms with Gasteiger partial charge in [0.1, 0.15) is 0 Å². The lowest BCUT2D eigenvalue weighted by Gasteiger charge is -2.32. The van der Waals surface area contributed by atoms with Crippen LogP contribution >= 0.6 is 0 Å². The molecule has 0 aromatic carbocycles. The van der Waals surface area contributed by atoms with Crippen LogP contribution in [0.1, 0.15) is 20.3 Å². The Morgan fingerprint density at radius 2 is 2.00 bits per heavy atom. The maximum absolute atomic E-state index is 12.0. The van der Waals surface area contributed by atoms with Crippen LogP contribution in [0.15, 0.2) is 0 Å². The topological polar surface area (TPSA) is 81.7 Å². The van der Waals surface area contributed by atoms with Gasteiger partial charge < -0.3 is 10.4 Å². The first-order chi connectivity index (χ1) is 7.43. The Balaban J connectivity index is 2.70. The van der Waals surface area contributed by atoms with Gasteiger partial charge in [-0.3, -0.25) is 0 Å². The number of nitrogens with zero attached hydrogens (tertiary/aromatic N) is 1. The van der Waals surface area contributed by atoms with Crippen LogP contribution in [0.2, 0.25) is 0 Å². The first kappa shape index (κ1) is 13.9. The normalized spacial score (nSPS) is 22.9. The average molecular weight is 251 g/mol. The zero-order valence-electron chi connectivity index (χ0n) is 9.86. The van der Waals surface area contributed by atoms with Crippen molar-refractivity contribution in [1.29, 1.82) is 0 Å². The third kappa shape index (κ3) is 3.39. The van der Waals surface area contributed by atoms with E-state index in [9.17, 15) is 13.5 Å². The summed E-state index contributed by atoms with van der Waals surface area (Å²) < 4.78 is 28.0. The molecule has 16 heavy (non-hydrogen) atoms. The average Bonchev–Trinajstić information content (AvgIpc) is 2.29. The lowest BCUT2D eigenvalue weighted by atomic mass is 10.0. The van der Waals surface area contributed by atoms with E-state index in [0.717, 1.165) is 0 Å². The molecule has 3 N–H and O–H groups in total. The molecule has 1 unspecified atom stereocenters. The van der Waals surface area contributed by atoms with Gasteiger partial charge in [-0.25, -0.2) is 0 Å². The molecule has 1 atom stereocenters. The van der Waals surface area contributed by atoms with Gasteiger partial charge in [-0.05, 0) is 13.3 Å². The van der Waals surface area contributed by atoms with Crippen LogP contribution in [0.4, 0.5) is 0 Å². The van der Waals surface area contributed by atoms with E-state index in [0.29, 0.717) is 32.6 Å². The maximum Gasteiger partial charge on any atom is 0.280 e. The largest absolute Gasteiger partial charge is 0.394 e. The molecule has 1 heterocycles. The molecular weight excluding hydrogens is 230 g/mol. The summed E-state index contributed by atoms with van der Waals surface area (Å²) in [5.41, 5.74) is -0.774. The van der Waals surface area contributed by atoms with Crippen molar-refractivity contribution in [3.8, 4) is 0 Å². The molecule has 1 saturated heterocycles. The molecule has 0 aromatic rings. The number of rotatable bonds is 5. The number of aliphatic hydroxyl groups excluding tert-OH is 1. The predicted octanol–water partition coefficient (Wildman–Crippen LogP) is -1.11. The molecule has 1 rings (SSSR count). The van der Waals surface area contributed by atoms with E-state index in [-0.39, 0.29) is 6.61 Å². The monoisotopic (exact) mass is 251 g/mol. The summed E-state index contributed by atoms with van der Waals surface area (Å²) in [6, 6.07) is 0. The molecular formula is C9H21N3O3S. The van der Waals surface area contributed by atoms with E-state index in [1.54, 1.807) is 6.92 Å². The van der Waals surface area contributed by atoms with Crippen molar-refractivity contribution in [3.05, 3.63) is 0 Å². The Labute approximate surface area is 97.2 Å². The minimum absolute atomic E-state index is 0.200. The van der Waals surface area contributed by atoms with Gasteiger partial charge in [-0.15, -0.1) is 0 Å². The highest BCUT2D eigenvalue weighted by atomic mass is 32.2. The molecule has 1 aliphatic rings. The van der Waals surface area contributed by atoms with Crippen LogP contribution < -0.4 is 10.0 Å². The Morgan fingerprint density at radius 3 is 2.44 bits per heavy atom. The zero-order valence-corrected chi connectivity index (χ0v) is 10.7. The van der Waals surface area contributed by atoms with Crippen molar-refractivity contribution in [1.82, 2.24) is 14.3 Å². The third-order valence-corrected chi connectivity index (χ3v) is 4.72. The smallest absolute Gasteiger partial charge is 0.280 e. The van der Waals surface area contributed by atoms with Crippen molar-refractivity contribution < 1.29 is 13.5 Å². The van der Waals surface area contributed by atoms with E-state index in [2.05, 4.69) is 10.0 Å². The molecule has 0 radical (unpaired) electrons. The molecule has 7 heteroatoms. The molecule has 0 spiro atoms. The van der Waals surface area contributed by atoms with Crippen molar-refractivity contribution >= 4 is 10.2 Å². The molecule has 0 saturated carbocycles. The Kier molecular flexibility index (Phi) is 4.69. The maximum atomic E-state index is 12.0. The molecule has 0 aliphatic carbocycles. The van der Waals surface area contributed by atoms with Crippen molar-refractivity contribution in [2.75, 3.05) is 32.8 Å². The van der Waals surface area contributed by atoms with Gasteiger partial charge >= 0.3 is 0 Å². The third-order valence-electron chi connectivity index (χ3n) is 2.92. The van der Waals surface area contributed by atoms with Gasteiger partial charge in [0.2, 0.25) is 0 Å². The first-order valence-corrected chi connectivity index (χ1v) is 6.98. The Bertz CT molecular complexity index is 308. The lowest BCUT2D eigenvalue weighted by Crippen LogP contribution is -2.57. The molecule has 0 amide bonds. The van der Waals surface area contributed by atoms with Crippen LogP contribution in [-0.4, -0.2) is 56.2 Å². The zero-order chi connectivity index (χ0) is 12.2. The Morgan fingerprint density at radius 1 is 1.44 bits per heavy atom. The second kappa shape index (κ2) is 5.42. The van der Waals surface area contributed by atoms with Gasteiger partial charge in [0.15, 0.2) is 0 Å². The lowest BCUT2D eigenvalue weighted by molar-refractivity contribution is 0.187. The molecule has 1 aliphatic heterocycles. The summed E-state index contributed by atoms with van der Waals surface area (Å²) in [6.07, 6.45) is 0.550. The van der Waals surface area contributed by atoms with E-state index in [4.69, 9.17) is 0 Å². The van der Waals surface area contributed by atoms with Crippen LogP contribution in [0.5, 0.6) is 0 Å². The fourth-order valence-electron chi connectivity index (χ4n) is 1.48. The SMILES string of the molecule is CCC(C)(CO)NS(=O)(=O)N1CCNCC1. The molecule has 0 aromatic heterocycles. The molecule has 0 bridgehead atoms. The fourth-order valence-corrected chi connectivity index (χ4v) is 3.10. The van der Waals surface area contributed by atoms with Gasteiger partial charge in [-0.2, -0.15) is 17.4 Å². The molecule has 96 valence electrons. The molecule has 1 fully saturated rings.